The predicted molar refractivity (Wildman–Crippen MR) is 265 cm³/mol. The minimum atomic E-state index is 0. The van der Waals surface area contributed by atoms with Gasteiger partial charge in [0.1, 0.15) is 0 Å². The molecule has 0 fully saturated rings. The Morgan fingerprint density at radius 3 is 0.623 bits per heavy atom. The van der Waals surface area contributed by atoms with E-state index in [9.17, 15) is 0 Å². The number of aryl methyl sites for hydroxylation is 13. The van der Waals surface area contributed by atoms with Gasteiger partial charge >= 0.3 is 54.6 Å². The number of halogens is 2. The van der Waals surface area contributed by atoms with Crippen LogP contribution in [-0.4, -0.2) is 54.6 Å². The minimum absolute atomic E-state index is 0. The Bertz CT molecular complexity index is 2170. The summed E-state index contributed by atoms with van der Waals surface area (Å²) < 4.78 is 0. The summed E-state index contributed by atoms with van der Waals surface area (Å²) in [5.41, 5.74) is 26.6. The van der Waals surface area contributed by atoms with Gasteiger partial charge in [0, 0.05) is 0 Å². The predicted octanol–water partition coefficient (Wildman–Crippen LogP) is 8.80. The van der Waals surface area contributed by atoms with Gasteiger partial charge in [0.05, 0.1) is 0 Å². The van der Waals surface area contributed by atoms with Crippen LogP contribution >= 0.6 is 0 Å². The fraction of sp³-hybridized carbons (Fsp3) is 0.236. The van der Waals surface area contributed by atoms with E-state index in [1.54, 1.807) is 0 Å². The van der Waals surface area contributed by atoms with Crippen molar-refractivity contribution in [2.75, 3.05) is 0 Å². The minimum Gasteiger partial charge on any atom is -1.00 e. The summed E-state index contributed by atoms with van der Waals surface area (Å²) in [7, 11) is 0. The van der Waals surface area contributed by atoms with Crippen LogP contribution in [0.4, 0.5) is 0 Å². The molecule has 0 amide bonds. The fourth-order valence-electron chi connectivity index (χ4n) is 8.82. The third-order valence-corrected chi connectivity index (χ3v) is 11.6. The molecule has 0 nitrogen and oxygen atoms in total. The Morgan fingerprint density at radius 2 is 0.459 bits per heavy atom. The summed E-state index contributed by atoms with van der Waals surface area (Å²) in [6.45, 7) is 28.1. The molecule has 0 bridgehead atoms. The molecule has 7 aromatic rings. The van der Waals surface area contributed by atoms with Crippen LogP contribution in [0.5, 0.6) is 0 Å². The monoisotopic (exact) mass is 1360 g/mol. The Morgan fingerprint density at radius 1 is 0.262 bits per heavy atom. The van der Waals surface area contributed by atoms with Gasteiger partial charge in [0.15, 0.2) is 0 Å². The first-order chi connectivity index (χ1) is 27.0. The fourth-order valence-corrected chi connectivity index (χ4v) is 9.50. The maximum atomic E-state index is 5.96. The molecule has 0 aliphatic heterocycles. The molecular weight excluding hydrogens is 1300 g/mol. The van der Waals surface area contributed by atoms with Crippen molar-refractivity contribution in [2.24, 2.45) is 0 Å². The number of hydrogen-bond acceptors (Lipinski definition) is 2. The maximum Gasteiger partial charge on any atom is 2.00 e. The van der Waals surface area contributed by atoms with Crippen molar-refractivity contribution in [3.63, 3.8) is 0 Å². The second-order valence-electron chi connectivity index (χ2n) is 16.1. The van der Waals surface area contributed by atoms with Crippen LogP contribution in [0.3, 0.4) is 0 Å². The molecule has 0 aliphatic rings. The molecule has 61 heavy (non-hydrogen) atoms. The topological polar surface area (TPSA) is 0 Å². The summed E-state index contributed by atoms with van der Waals surface area (Å²) in [4.78, 5) is 1.90. The zero-order valence-electron chi connectivity index (χ0n) is 38.0. The van der Waals surface area contributed by atoms with Crippen LogP contribution in [0.1, 0.15) is 72.3 Å². The van der Waals surface area contributed by atoms with E-state index in [1.807, 2.05) is 18.2 Å². The van der Waals surface area contributed by atoms with Gasteiger partial charge in [-0.05, 0) is 179 Å². The van der Waals surface area contributed by atoms with Gasteiger partial charge in [-0.2, -0.15) is 9.79 Å². The SMILES string of the molecule is Cc1cc(C)c(-c2cccc(-c3c(C)cc(C)cc3C)c2[S-])c(C)c1.Cc1cc(C)c(-c2cccc(-c3c(C)cc(C)cc3C)c2[S-])c(C)c1.Cc1ccccc1.[Br-].[Br-].[Pb+2].[Pb+2]. The maximum absolute atomic E-state index is 5.96. The molecule has 0 aliphatic carbocycles. The molecule has 0 heterocycles. The van der Waals surface area contributed by atoms with Crippen LogP contribution in [0, 0.1) is 90.0 Å². The first kappa shape index (κ1) is 56.8. The van der Waals surface area contributed by atoms with Crippen LogP contribution in [0.25, 0.3) is 44.5 Å². The number of hydrogen-bond donors (Lipinski definition) is 0. The quantitative estimate of drug-likeness (QED) is 0.128. The molecule has 7 rings (SSSR count). The first-order valence-electron chi connectivity index (χ1n) is 19.9. The largest absolute Gasteiger partial charge is 2.00 e. The third kappa shape index (κ3) is 13.9. The summed E-state index contributed by atoms with van der Waals surface area (Å²) >= 11 is 11.9. The van der Waals surface area contributed by atoms with Gasteiger partial charge in [-0.1, -0.05) is 143 Å². The van der Waals surface area contributed by atoms with Gasteiger partial charge in [-0.3, -0.25) is 0 Å². The molecule has 4 radical (unpaired) electrons. The van der Waals surface area contributed by atoms with E-state index in [0.717, 1.165) is 9.79 Å². The summed E-state index contributed by atoms with van der Waals surface area (Å²) in [5, 5.41) is 0. The van der Waals surface area contributed by atoms with Gasteiger partial charge in [0.2, 0.25) is 0 Å². The Hall–Kier alpha value is -2.22. The van der Waals surface area contributed by atoms with Gasteiger partial charge in [-0.15, -0.1) is 0 Å². The van der Waals surface area contributed by atoms with Gasteiger partial charge in [0.25, 0.3) is 0 Å². The first-order valence-corrected chi connectivity index (χ1v) is 20.7. The second-order valence-corrected chi connectivity index (χ2v) is 16.9. The van der Waals surface area contributed by atoms with E-state index in [-0.39, 0.29) is 88.6 Å². The molecule has 0 N–H and O–H groups in total. The average Bonchev–Trinajstić information content (AvgIpc) is 3.10. The average molecular weight is 1360 g/mol. The number of benzene rings is 7. The van der Waals surface area contributed by atoms with Crippen molar-refractivity contribution in [3.8, 4) is 44.5 Å². The van der Waals surface area contributed by atoms with Crippen LogP contribution < -0.4 is 34.0 Å². The van der Waals surface area contributed by atoms with Crippen molar-refractivity contribution < 1.29 is 34.0 Å². The summed E-state index contributed by atoms with van der Waals surface area (Å²) in [6.07, 6.45) is 0. The molecule has 0 saturated carbocycles. The van der Waals surface area contributed by atoms with Crippen LogP contribution in [0.15, 0.2) is 125 Å². The summed E-state index contributed by atoms with van der Waals surface area (Å²) in [6, 6.07) is 41.1. The van der Waals surface area contributed by atoms with E-state index >= 15 is 0 Å². The third-order valence-electron chi connectivity index (χ3n) is 10.8. The van der Waals surface area contributed by atoms with Crippen molar-refractivity contribution in [2.45, 2.75) is 99.8 Å². The smallest absolute Gasteiger partial charge is 1.00 e. The van der Waals surface area contributed by atoms with E-state index < -0.39 is 0 Å². The van der Waals surface area contributed by atoms with E-state index in [4.69, 9.17) is 25.3 Å². The van der Waals surface area contributed by atoms with Gasteiger partial charge in [-0.25, -0.2) is 0 Å². The molecule has 0 saturated heterocycles. The van der Waals surface area contributed by atoms with E-state index in [2.05, 4.69) is 187 Å². The second kappa shape index (κ2) is 25.3. The van der Waals surface area contributed by atoms with Crippen LogP contribution in [0.2, 0.25) is 0 Å². The molecule has 0 spiro atoms. The molecule has 0 unspecified atom stereocenters. The molecule has 7 aromatic carbocycles. The molecule has 0 aromatic heterocycles. The van der Waals surface area contributed by atoms with Crippen molar-refractivity contribution in [3.05, 3.63) is 188 Å². The van der Waals surface area contributed by atoms with Crippen molar-refractivity contribution >= 4 is 79.9 Å². The molecule has 6 heteroatoms. The Balaban J connectivity index is 0.000000497. The van der Waals surface area contributed by atoms with Crippen molar-refractivity contribution in [1.29, 1.82) is 0 Å². The zero-order valence-corrected chi connectivity index (χ0v) is 50.6. The molecule has 0 atom stereocenters. The van der Waals surface area contributed by atoms with E-state index in [1.165, 1.54) is 117 Å². The van der Waals surface area contributed by atoms with Gasteiger partial charge < -0.3 is 59.2 Å². The van der Waals surface area contributed by atoms with E-state index in [0.29, 0.717) is 0 Å². The normalized spacial score (nSPS) is 9.98. The van der Waals surface area contributed by atoms with Crippen molar-refractivity contribution in [1.82, 2.24) is 0 Å². The molecular formula is C55H58Br2Pb2S2. The Labute approximate surface area is 440 Å². The van der Waals surface area contributed by atoms with Crippen LogP contribution in [-0.2, 0) is 25.3 Å². The molecule has 312 valence electrons. The zero-order chi connectivity index (χ0) is 41.7. The number of rotatable bonds is 4. The standard InChI is InChI=1S/2C24H26S.C7H8.2BrH.2Pb/c2*1-14-10-16(3)22(17(4)11-14)20-8-7-9-21(24(20)25)23-18(5)12-15(2)13-19(23)6;1-7-5-3-2-4-6-7;;;;/h2*7-13,25H,1-6H3;2-6H,1H3;2*1H;;/q;;;;;2*+2/p-4. The summed E-state index contributed by atoms with van der Waals surface area (Å²) in [5.74, 6) is 0. The Kier molecular flexibility index (Phi) is 23.6.